The largest absolute Gasteiger partial charge is 0.469 e. The lowest BCUT2D eigenvalue weighted by molar-refractivity contribution is -0.140. The molecular weight excluding hydrogens is 311 g/mol. The van der Waals surface area contributed by atoms with Crippen molar-refractivity contribution in [2.45, 2.75) is 19.0 Å². The van der Waals surface area contributed by atoms with E-state index < -0.39 is 27.7 Å². The molecule has 0 unspecified atom stereocenters. The van der Waals surface area contributed by atoms with Gasteiger partial charge in [0.1, 0.15) is 0 Å². The second-order valence-electron chi connectivity index (χ2n) is 4.18. The highest BCUT2D eigenvalue weighted by atomic mass is 32.2. The number of rotatable bonds is 6. The first-order valence-corrected chi connectivity index (χ1v) is 7.54. The minimum atomic E-state index is -4.47. The smallest absolute Gasteiger partial charge is 0.416 e. The third-order valence-corrected chi connectivity index (χ3v) is 3.88. The summed E-state index contributed by atoms with van der Waals surface area (Å²) < 4.78 is 66.9. The molecule has 118 valence electrons. The molecule has 21 heavy (non-hydrogen) atoms. The van der Waals surface area contributed by atoms with E-state index in [9.17, 15) is 26.4 Å². The van der Waals surface area contributed by atoms with E-state index in [0.717, 1.165) is 24.3 Å². The summed E-state index contributed by atoms with van der Waals surface area (Å²) in [4.78, 5) is 10.8. The van der Waals surface area contributed by atoms with Crippen molar-refractivity contribution in [1.29, 1.82) is 0 Å². The van der Waals surface area contributed by atoms with Crippen LogP contribution in [0.2, 0.25) is 0 Å². The molecule has 0 aromatic heterocycles. The molecule has 0 fully saturated rings. The van der Waals surface area contributed by atoms with Gasteiger partial charge in [-0.05, 0) is 30.7 Å². The van der Waals surface area contributed by atoms with Crippen LogP contribution < -0.4 is 4.72 Å². The number of methoxy groups -OCH3 is 1. The summed E-state index contributed by atoms with van der Waals surface area (Å²) in [6, 6.07) is 3.62. The summed E-state index contributed by atoms with van der Waals surface area (Å²) in [5, 5.41) is 0. The highest BCUT2D eigenvalue weighted by Gasteiger charge is 2.30. The number of hydrogen-bond acceptors (Lipinski definition) is 4. The van der Waals surface area contributed by atoms with E-state index in [-0.39, 0.29) is 24.3 Å². The lowest BCUT2D eigenvalue weighted by Gasteiger charge is -2.10. The summed E-state index contributed by atoms with van der Waals surface area (Å²) in [7, 11) is -2.53. The molecule has 9 heteroatoms. The number of sulfonamides is 1. The second kappa shape index (κ2) is 6.79. The summed E-state index contributed by atoms with van der Waals surface area (Å²) >= 11 is 0. The minimum Gasteiger partial charge on any atom is -0.469 e. The van der Waals surface area contributed by atoms with Gasteiger partial charge in [-0.2, -0.15) is 13.2 Å². The van der Waals surface area contributed by atoms with Gasteiger partial charge in [-0.1, -0.05) is 0 Å². The standard InChI is InChI=1S/C12H14F3NO4S/c1-20-11(17)3-2-8-21(18,19)16-10-6-4-9(5-7-10)12(13,14)15/h4-7,16H,2-3,8H2,1H3. The van der Waals surface area contributed by atoms with Crippen LogP contribution >= 0.6 is 0 Å². The zero-order valence-corrected chi connectivity index (χ0v) is 11.9. The summed E-state index contributed by atoms with van der Waals surface area (Å²) in [6.07, 6.45) is -4.47. The Labute approximate surface area is 120 Å². The van der Waals surface area contributed by atoms with E-state index in [2.05, 4.69) is 9.46 Å². The molecule has 0 aliphatic heterocycles. The van der Waals surface area contributed by atoms with Crippen molar-refractivity contribution >= 4 is 21.7 Å². The van der Waals surface area contributed by atoms with Crippen LogP contribution in [0.5, 0.6) is 0 Å². The van der Waals surface area contributed by atoms with Crippen LogP contribution in [0, 0.1) is 0 Å². The van der Waals surface area contributed by atoms with E-state index >= 15 is 0 Å². The van der Waals surface area contributed by atoms with E-state index in [1.54, 1.807) is 0 Å². The molecule has 0 aliphatic rings. The van der Waals surface area contributed by atoms with Gasteiger partial charge >= 0.3 is 12.1 Å². The fourth-order valence-corrected chi connectivity index (χ4v) is 2.59. The molecule has 1 N–H and O–H groups in total. The van der Waals surface area contributed by atoms with Crippen LogP contribution in [0.25, 0.3) is 0 Å². The Morgan fingerprint density at radius 3 is 2.29 bits per heavy atom. The first-order valence-electron chi connectivity index (χ1n) is 5.88. The second-order valence-corrected chi connectivity index (χ2v) is 6.02. The van der Waals surface area contributed by atoms with Gasteiger partial charge in [-0.15, -0.1) is 0 Å². The van der Waals surface area contributed by atoms with Gasteiger partial charge in [-0.3, -0.25) is 9.52 Å². The summed E-state index contributed by atoms with van der Waals surface area (Å²) in [6.45, 7) is 0. The van der Waals surface area contributed by atoms with Crippen LogP contribution in [0.3, 0.4) is 0 Å². The van der Waals surface area contributed by atoms with Crippen molar-refractivity contribution < 1.29 is 31.1 Å². The molecule has 0 heterocycles. The predicted octanol–water partition coefficient (Wildman–Crippen LogP) is 2.40. The molecule has 1 rings (SSSR count). The van der Waals surface area contributed by atoms with Gasteiger partial charge in [0, 0.05) is 12.1 Å². The number of hydrogen-bond donors (Lipinski definition) is 1. The van der Waals surface area contributed by atoms with Gasteiger partial charge in [0.05, 0.1) is 18.4 Å². The molecular formula is C12H14F3NO4S. The maximum atomic E-state index is 12.4. The third-order valence-electron chi connectivity index (χ3n) is 2.51. The number of alkyl halides is 3. The number of nitrogens with one attached hydrogen (secondary N) is 1. The zero-order valence-electron chi connectivity index (χ0n) is 11.1. The average Bonchev–Trinajstić information content (AvgIpc) is 2.37. The Morgan fingerprint density at radius 2 is 1.81 bits per heavy atom. The zero-order chi connectivity index (χ0) is 16.1. The van der Waals surface area contributed by atoms with E-state index in [4.69, 9.17) is 0 Å². The van der Waals surface area contributed by atoms with Crippen molar-refractivity contribution in [3.8, 4) is 0 Å². The first-order chi connectivity index (χ1) is 9.64. The highest BCUT2D eigenvalue weighted by Crippen LogP contribution is 2.29. The fourth-order valence-electron chi connectivity index (χ4n) is 1.47. The molecule has 0 aliphatic carbocycles. The van der Waals surface area contributed by atoms with Crippen molar-refractivity contribution in [3.05, 3.63) is 29.8 Å². The van der Waals surface area contributed by atoms with Crippen LogP contribution in [-0.2, 0) is 25.7 Å². The monoisotopic (exact) mass is 325 g/mol. The molecule has 0 bridgehead atoms. The lowest BCUT2D eigenvalue weighted by atomic mass is 10.2. The molecule has 5 nitrogen and oxygen atoms in total. The van der Waals surface area contributed by atoms with Gasteiger partial charge < -0.3 is 4.74 Å². The number of benzene rings is 1. The molecule has 0 radical (unpaired) electrons. The number of ether oxygens (including phenoxy) is 1. The van der Waals surface area contributed by atoms with Gasteiger partial charge in [0.2, 0.25) is 10.0 Å². The molecule has 0 atom stereocenters. The number of halogens is 3. The van der Waals surface area contributed by atoms with Crippen LogP contribution in [-0.4, -0.2) is 27.2 Å². The maximum absolute atomic E-state index is 12.4. The van der Waals surface area contributed by atoms with Gasteiger partial charge in [0.25, 0.3) is 0 Å². The average molecular weight is 325 g/mol. The van der Waals surface area contributed by atoms with E-state index in [1.807, 2.05) is 0 Å². The lowest BCUT2D eigenvalue weighted by Crippen LogP contribution is -2.17. The maximum Gasteiger partial charge on any atom is 0.416 e. The number of anilines is 1. The van der Waals surface area contributed by atoms with Crippen molar-refractivity contribution in [2.24, 2.45) is 0 Å². The molecule has 0 spiro atoms. The Hall–Kier alpha value is -1.77. The van der Waals surface area contributed by atoms with Gasteiger partial charge in [-0.25, -0.2) is 8.42 Å². The van der Waals surface area contributed by atoms with Crippen molar-refractivity contribution in [3.63, 3.8) is 0 Å². The number of carbonyl (C=O) groups excluding carboxylic acids is 1. The summed E-state index contributed by atoms with van der Waals surface area (Å²) in [5.41, 5.74) is -0.836. The summed E-state index contributed by atoms with van der Waals surface area (Å²) in [5.74, 6) is -0.858. The highest BCUT2D eigenvalue weighted by molar-refractivity contribution is 7.92. The minimum absolute atomic E-state index is 0.0288. The SMILES string of the molecule is COC(=O)CCCS(=O)(=O)Nc1ccc(C(F)(F)F)cc1. The molecule has 0 saturated heterocycles. The molecule has 0 saturated carbocycles. The Balaban J connectivity index is 2.61. The number of carbonyl (C=O) groups is 1. The van der Waals surface area contributed by atoms with Crippen molar-refractivity contribution in [2.75, 3.05) is 17.6 Å². The van der Waals surface area contributed by atoms with Crippen LogP contribution in [0.4, 0.5) is 18.9 Å². The normalized spacial score (nSPS) is 12.0. The van der Waals surface area contributed by atoms with Crippen LogP contribution in [0.15, 0.2) is 24.3 Å². The molecule has 1 aromatic carbocycles. The van der Waals surface area contributed by atoms with E-state index in [1.165, 1.54) is 7.11 Å². The molecule has 1 aromatic rings. The predicted molar refractivity (Wildman–Crippen MR) is 70.1 cm³/mol. The first kappa shape index (κ1) is 17.3. The Bertz CT molecular complexity index is 582. The third kappa shape index (κ3) is 6.03. The van der Waals surface area contributed by atoms with E-state index in [0.29, 0.717) is 0 Å². The van der Waals surface area contributed by atoms with Gasteiger partial charge in [0.15, 0.2) is 0 Å². The topological polar surface area (TPSA) is 72.5 Å². The number of esters is 1. The molecule has 0 amide bonds. The fraction of sp³-hybridized carbons (Fsp3) is 0.417. The van der Waals surface area contributed by atoms with Crippen LogP contribution in [0.1, 0.15) is 18.4 Å². The Morgan fingerprint density at radius 1 is 1.24 bits per heavy atom. The quantitative estimate of drug-likeness (QED) is 0.815. The Kier molecular flexibility index (Phi) is 5.59. The van der Waals surface area contributed by atoms with Crippen molar-refractivity contribution in [1.82, 2.24) is 0 Å².